The van der Waals surface area contributed by atoms with Crippen molar-refractivity contribution in [2.45, 2.75) is 26.2 Å². The Bertz CT molecular complexity index is 530. The van der Waals surface area contributed by atoms with Crippen LogP contribution in [0.5, 0.6) is 0 Å². The zero-order chi connectivity index (χ0) is 16.5. The van der Waals surface area contributed by atoms with Gasteiger partial charge in [-0.1, -0.05) is 6.07 Å². The number of nitrogens with zero attached hydrogens (tertiary/aromatic N) is 1. The molecule has 126 valence electrons. The van der Waals surface area contributed by atoms with E-state index >= 15 is 0 Å². The maximum absolute atomic E-state index is 11.7. The van der Waals surface area contributed by atoms with Gasteiger partial charge in [-0.3, -0.25) is 0 Å². The summed E-state index contributed by atoms with van der Waals surface area (Å²) in [5, 5.41) is 6.89. The Hall–Kier alpha value is -1.66. The highest BCUT2D eigenvalue weighted by atomic mass is 32.1. The number of carbonyl (C=O) groups is 1. The van der Waals surface area contributed by atoms with Crippen LogP contribution in [0.25, 0.3) is 0 Å². The molecule has 1 aliphatic heterocycles. The molecule has 6 heteroatoms. The first-order chi connectivity index (χ1) is 11.2. The van der Waals surface area contributed by atoms with Crippen LogP contribution in [0.2, 0.25) is 0 Å². The van der Waals surface area contributed by atoms with Gasteiger partial charge in [0.25, 0.3) is 0 Å². The largest absolute Gasteiger partial charge is 0.462 e. The van der Waals surface area contributed by atoms with Gasteiger partial charge in [0, 0.05) is 12.2 Å². The molecule has 1 aromatic carbocycles. The van der Waals surface area contributed by atoms with Gasteiger partial charge in [0.1, 0.15) is 0 Å². The van der Waals surface area contributed by atoms with E-state index in [9.17, 15) is 4.79 Å². The molecule has 1 saturated heterocycles. The van der Waals surface area contributed by atoms with Crippen LogP contribution in [-0.4, -0.2) is 48.8 Å². The van der Waals surface area contributed by atoms with Gasteiger partial charge in [0.15, 0.2) is 5.11 Å². The molecule has 0 spiro atoms. The van der Waals surface area contributed by atoms with E-state index in [4.69, 9.17) is 17.0 Å². The summed E-state index contributed by atoms with van der Waals surface area (Å²) in [6, 6.07) is 7.16. The predicted octanol–water partition coefficient (Wildman–Crippen LogP) is 2.64. The number of nitrogens with one attached hydrogen (secondary N) is 2. The summed E-state index contributed by atoms with van der Waals surface area (Å²) in [4.78, 5) is 14.2. The second kappa shape index (κ2) is 9.47. The van der Waals surface area contributed by atoms with Crippen LogP contribution in [0.4, 0.5) is 5.69 Å². The van der Waals surface area contributed by atoms with E-state index in [1.54, 1.807) is 19.1 Å². The Morgan fingerprint density at radius 3 is 2.87 bits per heavy atom. The van der Waals surface area contributed by atoms with Gasteiger partial charge in [-0.05, 0) is 76.2 Å². The van der Waals surface area contributed by atoms with Crippen LogP contribution in [-0.2, 0) is 4.74 Å². The molecule has 0 aromatic heterocycles. The summed E-state index contributed by atoms with van der Waals surface area (Å²) in [6.45, 7) is 6.58. The first kappa shape index (κ1) is 17.7. The van der Waals surface area contributed by atoms with E-state index < -0.39 is 0 Å². The van der Waals surface area contributed by atoms with E-state index in [1.807, 2.05) is 12.1 Å². The summed E-state index contributed by atoms with van der Waals surface area (Å²) in [5.74, 6) is -0.319. The first-order valence-electron chi connectivity index (χ1n) is 8.23. The molecule has 0 saturated carbocycles. The van der Waals surface area contributed by atoms with Crippen molar-refractivity contribution < 1.29 is 9.53 Å². The van der Waals surface area contributed by atoms with Crippen molar-refractivity contribution in [1.82, 2.24) is 10.2 Å². The van der Waals surface area contributed by atoms with Crippen LogP contribution in [0.15, 0.2) is 24.3 Å². The van der Waals surface area contributed by atoms with Gasteiger partial charge < -0.3 is 20.3 Å². The number of ether oxygens (including phenoxy) is 1. The number of likely N-dealkylation sites (tertiary alicyclic amines) is 1. The molecule has 0 bridgehead atoms. The van der Waals surface area contributed by atoms with Gasteiger partial charge in [-0.25, -0.2) is 4.79 Å². The van der Waals surface area contributed by atoms with Crippen LogP contribution < -0.4 is 10.6 Å². The van der Waals surface area contributed by atoms with Crippen molar-refractivity contribution in [3.05, 3.63) is 29.8 Å². The lowest BCUT2D eigenvalue weighted by molar-refractivity contribution is 0.0526. The maximum atomic E-state index is 11.7. The molecule has 0 unspecified atom stereocenters. The molecule has 2 N–H and O–H groups in total. The summed E-state index contributed by atoms with van der Waals surface area (Å²) >= 11 is 5.29. The quantitative estimate of drug-likeness (QED) is 0.454. The van der Waals surface area contributed by atoms with Gasteiger partial charge in [-0.15, -0.1) is 0 Å². The van der Waals surface area contributed by atoms with Crippen molar-refractivity contribution in [2.75, 3.05) is 38.1 Å². The molecule has 5 nitrogen and oxygen atoms in total. The average molecular weight is 335 g/mol. The Morgan fingerprint density at radius 1 is 1.35 bits per heavy atom. The molecule has 1 aliphatic rings. The molecule has 1 heterocycles. The third-order valence-electron chi connectivity index (χ3n) is 3.77. The van der Waals surface area contributed by atoms with Crippen LogP contribution in [0, 0.1) is 0 Å². The van der Waals surface area contributed by atoms with E-state index in [0.29, 0.717) is 17.3 Å². The molecule has 0 atom stereocenters. The lowest BCUT2D eigenvalue weighted by Gasteiger charge is -2.15. The number of hydrogen-bond acceptors (Lipinski definition) is 4. The highest BCUT2D eigenvalue weighted by Crippen LogP contribution is 2.12. The topological polar surface area (TPSA) is 53.6 Å². The Morgan fingerprint density at radius 2 is 2.13 bits per heavy atom. The molecule has 23 heavy (non-hydrogen) atoms. The second-order valence-corrected chi connectivity index (χ2v) is 5.99. The molecule has 0 amide bonds. The smallest absolute Gasteiger partial charge is 0.338 e. The summed E-state index contributed by atoms with van der Waals surface area (Å²) < 4.78 is 5.00. The van der Waals surface area contributed by atoms with E-state index in [0.717, 1.165) is 25.2 Å². The van der Waals surface area contributed by atoms with E-state index in [-0.39, 0.29) is 5.97 Å². The molecule has 0 aliphatic carbocycles. The zero-order valence-electron chi connectivity index (χ0n) is 13.6. The van der Waals surface area contributed by atoms with Crippen molar-refractivity contribution in [3.63, 3.8) is 0 Å². The van der Waals surface area contributed by atoms with Crippen molar-refractivity contribution in [2.24, 2.45) is 0 Å². The number of esters is 1. The number of thiocarbonyl (C=S) groups is 1. The van der Waals surface area contributed by atoms with Crippen molar-refractivity contribution >= 4 is 29.0 Å². The molecule has 1 aromatic rings. The third kappa shape index (κ3) is 6.15. The van der Waals surface area contributed by atoms with Gasteiger partial charge >= 0.3 is 5.97 Å². The van der Waals surface area contributed by atoms with Crippen molar-refractivity contribution in [3.8, 4) is 0 Å². The molecule has 0 radical (unpaired) electrons. The van der Waals surface area contributed by atoms with Gasteiger partial charge in [0.2, 0.25) is 0 Å². The lowest BCUT2D eigenvalue weighted by Crippen LogP contribution is -2.31. The van der Waals surface area contributed by atoms with Crippen molar-refractivity contribution in [1.29, 1.82) is 0 Å². The number of carbonyl (C=O) groups excluding carboxylic acids is 1. The summed E-state index contributed by atoms with van der Waals surface area (Å²) in [7, 11) is 0. The van der Waals surface area contributed by atoms with E-state index in [2.05, 4.69) is 15.5 Å². The maximum Gasteiger partial charge on any atom is 0.338 e. The standard InChI is InChI=1S/C17H25N3O2S/c1-2-22-16(21)14-7-5-8-15(13-14)19-17(23)18-9-6-12-20-10-3-4-11-20/h5,7-8,13H,2-4,6,9-12H2,1H3,(H2,18,19,23). The molecular formula is C17H25N3O2S. The average Bonchev–Trinajstić information content (AvgIpc) is 3.05. The zero-order valence-corrected chi connectivity index (χ0v) is 14.5. The Kier molecular flexibility index (Phi) is 7.29. The van der Waals surface area contributed by atoms with Gasteiger partial charge in [0.05, 0.1) is 12.2 Å². The summed E-state index contributed by atoms with van der Waals surface area (Å²) in [5.41, 5.74) is 1.31. The highest BCUT2D eigenvalue weighted by Gasteiger charge is 2.10. The third-order valence-corrected chi connectivity index (χ3v) is 4.01. The highest BCUT2D eigenvalue weighted by molar-refractivity contribution is 7.80. The minimum atomic E-state index is -0.319. The number of hydrogen-bond donors (Lipinski definition) is 2. The molecule has 1 fully saturated rings. The first-order valence-corrected chi connectivity index (χ1v) is 8.64. The van der Waals surface area contributed by atoms with Gasteiger partial charge in [-0.2, -0.15) is 0 Å². The van der Waals surface area contributed by atoms with Crippen LogP contribution >= 0.6 is 12.2 Å². The normalized spacial score (nSPS) is 14.5. The van der Waals surface area contributed by atoms with E-state index in [1.165, 1.54) is 25.9 Å². The monoisotopic (exact) mass is 335 g/mol. The number of anilines is 1. The summed E-state index contributed by atoms with van der Waals surface area (Å²) in [6.07, 6.45) is 3.72. The second-order valence-electron chi connectivity index (χ2n) is 5.58. The minimum Gasteiger partial charge on any atom is -0.462 e. The Balaban J connectivity index is 1.71. The number of benzene rings is 1. The lowest BCUT2D eigenvalue weighted by atomic mass is 10.2. The SMILES string of the molecule is CCOC(=O)c1cccc(NC(=S)NCCCN2CCCC2)c1. The molecular weight excluding hydrogens is 310 g/mol. The fourth-order valence-electron chi connectivity index (χ4n) is 2.62. The number of rotatable bonds is 7. The van der Waals surface area contributed by atoms with Crippen LogP contribution in [0.1, 0.15) is 36.5 Å². The Labute approximate surface area is 143 Å². The predicted molar refractivity (Wildman–Crippen MR) is 96.9 cm³/mol. The molecule has 2 rings (SSSR count). The fourth-order valence-corrected chi connectivity index (χ4v) is 2.84. The minimum absolute atomic E-state index is 0.319. The fraction of sp³-hybridized carbons (Fsp3) is 0.529. The van der Waals surface area contributed by atoms with Crippen LogP contribution in [0.3, 0.4) is 0 Å².